The topological polar surface area (TPSA) is 49.4 Å². The van der Waals surface area contributed by atoms with Gasteiger partial charge in [0.05, 0.1) is 17.1 Å². The number of nitrogens with zero attached hydrogens (tertiary/aromatic N) is 1. The van der Waals surface area contributed by atoms with Gasteiger partial charge in [0, 0.05) is 18.7 Å². The van der Waals surface area contributed by atoms with E-state index < -0.39 is 22.7 Å². The summed E-state index contributed by atoms with van der Waals surface area (Å²) in [5.74, 6) is -0.769. The van der Waals surface area contributed by atoms with E-state index in [1.165, 1.54) is 17.0 Å². The molecule has 0 unspecified atom stereocenters. The molecule has 0 heterocycles. The molecule has 1 aromatic rings. The van der Waals surface area contributed by atoms with Crippen molar-refractivity contribution in [3.8, 4) is 0 Å². The average molecular weight is 377 g/mol. The van der Waals surface area contributed by atoms with Crippen molar-refractivity contribution >= 4 is 29.5 Å². The Morgan fingerprint density at radius 2 is 1.96 bits per heavy atom. The third kappa shape index (κ3) is 6.78. The van der Waals surface area contributed by atoms with Crippen molar-refractivity contribution in [3.05, 3.63) is 40.4 Å². The van der Waals surface area contributed by atoms with Crippen LogP contribution in [-0.2, 0) is 15.8 Å². The zero-order chi connectivity index (χ0) is 19.2. The predicted octanol–water partition coefficient (Wildman–Crippen LogP) is 3.75. The Kier molecular flexibility index (Phi) is 7.48. The Labute approximate surface area is 149 Å². The summed E-state index contributed by atoms with van der Waals surface area (Å²) in [6.07, 6.45) is -2.18. The molecule has 1 rings (SSSR count). The highest BCUT2D eigenvalue weighted by Crippen LogP contribution is 2.35. The van der Waals surface area contributed by atoms with Gasteiger partial charge in [-0.2, -0.15) is 13.2 Å². The van der Waals surface area contributed by atoms with E-state index in [9.17, 15) is 22.8 Å². The zero-order valence-electron chi connectivity index (χ0n) is 14.2. The van der Waals surface area contributed by atoms with Gasteiger partial charge in [0.1, 0.15) is 0 Å². The molecule has 25 heavy (non-hydrogen) atoms. The van der Waals surface area contributed by atoms with Gasteiger partial charge in [-0.15, -0.1) is 0 Å². The third-order valence-corrected chi connectivity index (χ3v) is 3.52. The Balaban J connectivity index is 2.86. The van der Waals surface area contributed by atoms with Gasteiger partial charge >= 0.3 is 6.18 Å². The van der Waals surface area contributed by atoms with Gasteiger partial charge in [0.2, 0.25) is 11.8 Å². The number of hydrogen-bond acceptors (Lipinski definition) is 2. The van der Waals surface area contributed by atoms with Crippen LogP contribution in [0.15, 0.2) is 24.3 Å². The van der Waals surface area contributed by atoms with Gasteiger partial charge in [-0.3, -0.25) is 9.59 Å². The summed E-state index contributed by atoms with van der Waals surface area (Å²) in [7, 11) is 0. The van der Waals surface area contributed by atoms with Gasteiger partial charge in [0.15, 0.2) is 0 Å². The van der Waals surface area contributed by atoms with E-state index in [2.05, 4.69) is 5.32 Å². The summed E-state index contributed by atoms with van der Waals surface area (Å²) in [5, 5.41) is 2.26. The van der Waals surface area contributed by atoms with E-state index in [0.717, 1.165) is 18.2 Å². The normalized spacial score (nSPS) is 11.8. The van der Waals surface area contributed by atoms with Crippen molar-refractivity contribution < 1.29 is 22.8 Å². The first-order valence-electron chi connectivity index (χ1n) is 7.67. The highest BCUT2D eigenvalue weighted by atomic mass is 35.5. The van der Waals surface area contributed by atoms with E-state index >= 15 is 0 Å². The molecule has 0 saturated heterocycles. The first-order chi connectivity index (χ1) is 11.5. The molecule has 0 bridgehead atoms. The fourth-order valence-electron chi connectivity index (χ4n) is 2.02. The Bertz CT molecular complexity index is 658. The van der Waals surface area contributed by atoms with Crippen LogP contribution in [0.2, 0.25) is 5.02 Å². The number of likely N-dealkylation sites (N-methyl/N-ethyl adjacent to an activating group) is 1. The lowest BCUT2D eigenvalue weighted by Gasteiger charge is -2.19. The van der Waals surface area contributed by atoms with Crippen LogP contribution in [0.1, 0.15) is 31.9 Å². The van der Waals surface area contributed by atoms with E-state index in [4.69, 9.17) is 11.6 Å². The van der Waals surface area contributed by atoms with Crippen LogP contribution in [0, 0.1) is 0 Å². The molecule has 0 atom stereocenters. The van der Waals surface area contributed by atoms with Crippen molar-refractivity contribution in [2.75, 3.05) is 13.1 Å². The Morgan fingerprint density at radius 3 is 2.48 bits per heavy atom. The summed E-state index contributed by atoms with van der Waals surface area (Å²) < 4.78 is 38.5. The summed E-state index contributed by atoms with van der Waals surface area (Å²) >= 11 is 5.55. The molecule has 0 aliphatic heterocycles. The Hall–Kier alpha value is -2.02. The molecule has 0 aliphatic rings. The lowest BCUT2D eigenvalue weighted by molar-refractivity contribution is -0.137. The standard InChI is InChI=1S/C17H20ClF3N2O2/c1-4-23(10-15(24)22-11(2)3)16(25)8-6-12-5-7-14(18)13(9-12)17(19,20)21/h5-9,11H,4,10H2,1-3H3,(H,22,24)/b8-6+. The number of halogens is 4. The maximum absolute atomic E-state index is 12.8. The minimum Gasteiger partial charge on any atom is -0.352 e. The summed E-state index contributed by atoms with van der Waals surface area (Å²) in [5.41, 5.74) is -0.778. The molecule has 138 valence electrons. The SMILES string of the molecule is CCN(CC(=O)NC(C)C)C(=O)/C=C/c1ccc(Cl)c(C(F)(F)F)c1. The molecule has 0 aromatic heterocycles. The van der Waals surface area contributed by atoms with E-state index in [1.807, 2.05) is 0 Å². The first-order valence-corrected chi connectivity index (χ1v) is 8.05. The van der Waals surface area contributed by atoms with Crippen LogP contribution >= 0.6 is 11.6 Å². The van der Waals surface area contributed by atoms with Crippen LogP contribution in [0.25, 0.3) is 6.08 Å². The fourth-order valence-corrected chi connectivity index (χ4v) is 2.25. The van der Waals surface area contributed by atoms with E-state index in [1.54, 1.807) is 20.8 Å². The quantitative estimate of drug-likeness (QED) is 0.769. The van der Waals surface area contributed by atoms with Gasteiger partial charge in [-0.25, -0.2) is 0 Å². The van der Waals surface area contributed by atoms with E-state index in [-0.39, 0.29) is 24.1 Å². The molecule has 8 heteroatoms. The molecule has 0 fully saturated rings. The number of carbonyl (C=O) groups is 2. The molecule has 0 radical (unpaired) electrons. The molecule has 1 N–H and O–H groups in total. The fraction of sp³-hybridized carbons (Fsp3) is 0.412. The largest absolute Gasteiger partial charge is 0.417 e. The summed E-state index contributed by atoms with van der Waals surface area (Å²) in [4.78, 5) is 25.1. The lowest BCUT2D eigenvalue weighted by Crippen LogP contribution is -2.42. The van der Waals surface area contributed by atoms with Crippen molar-refractivity contribution in [1.82, 2.24) is 10.2 Å². The molecule has 4 nitrogen and oxygen atoms in total. The molecule has 0 aliphatic carbocycles. The van der Waals surface area contributed by atoms with Crippen molar-refractivity contribution in [3.63, 3.8) is 0 Å². The maximum Gasteiger partial charge on any atom is 0.417 e. The van der Waals surface area contributed by atoms with Crippen LogP contribution in [-0.4, -0.2) is 35.8 Å². The van der Waals surface area contributed by atoms with Gasteiger partial charge in [0.25, 0.3) is 0 Å². The van der Waals surface area contributed by atoms with Crippen molar-refractivity contribution in [2.45, 2.75) is 33.0 Å². The summed E-state index contributed by atoms with van der Waals surface area (Å²) in [6.45, 7) is 5.48. The first kappa shape index (κ1) is 21.0. The number of benzene rings is 1. The van der Waals surface area contributed by atoms with Gasteiger partial charge < -0.3 is 10.2 Å². The molecule has 0 spiro atoms. The second-order valence-electron chi connectivity index (χ2n) is 5.65. The molecule has 0 saturated carbocycles. The maximum atomic E-state index is 12.8. The number of hydrogen-bond donors (Lipinski definition) is 1. The predicted molar refractivity (Wildman–Crippen MR) is 91.0 cm³/mol. The monoisotopic (exact) mass is 376 g/mol. The van der Waals surface area contributed by atoms with Crippen molar-refractivity contribution in [2.24, 2.45) is 0 Å². The zero-order valence-corrected chi connectivity index (χ0v) is 14.9. The van der Waals surface area contributed by atoms with Crippen LogP contribution in [0.4, 0.5) is 13.2 Å². The highest BCUT2D eigenvalue weighted by molar-refractivity contribution is 6.31. The van der Waals surface area contributed by atoms with Crippen molar-refractivity contribution in [1.29, 1.82) is 0 Å². The smallest absolute Gasteiger partial charge is 0.352 e. The van der Waals surface area contributed by atoms with Crippen LogP contribution in [0.3, 0.4) is 0 Å². The number of alkyl halides is 3. The molecule has 1 aromatic carbocycles. The van der Waals surface area contributed by atoms with Crippen LogP contribution in [0.5, 0.6) is 0 Å². The average Bonchev–Trinajstić information content (AvgIpc) is 2.49. The lowest BCUT2D eigenvalue weighted by atomic mass is 10.1. The second-order valence-corrected chi connectivity index (χ2v) is 6.05. The molecule has 2 amide bonds. The van der Waals surface area contributed by atoms with Gasteiger partial charge in [-0.1, -0.05) is 17.7 Å². The number of rotatable bonds is 6. The minimum atomic E-state index is -4.57. The van der Waals surface area contributed by atoms with Crippen LogP contribution < -0.4 is 5.32 Å². The second kappa shape index (κ2) is 8.89. The van der Waals surface area contributed by atoms with E-state index in [0.29, 0.717) is 6.54 Å². The number of nitrogens with one attached hydrogen (secondary N) is 1. The Morgan fingerprint density at radius 1 is 1.32 bits per heavy atom. The van der Waals surface area contributed by atoms with Gasteiger partial charge in [-0.05, 0) is 44.5 Å². The molecular formula is C17H20ClF3N2O2. The highest BCUT2D eigenvalue weighted by Gasteiger charge is 2.33. The number of amides is 2. The molecular weight excluding hydrogens is 357 g/mol. The summed E-state index contributed by atoms with van der Waals surface area (Å²) in [6, 6.07) is 3.32. The third-order valence-electron chi connectivity index (χ3n) is 3.19. The minimum absolute atomic E-state index is 0.0493. The number of carbonyl (C=O) groups excluding carboxylic acids is 2.